The molecule has 6 heteroatoms. The predicted molar refractivity (Wildman–Crippen MR) is 107 cm³/mol. The molecule has 4 rings (SSSR count). The molecule has 0 radical (unpaired) electrons. The van der Waals surface area contributed by atoms with Gasteiger partial charge in [0.15, 0.2) is 0 Å². The fourth-order valence-corrected chi connectivity index (χ4v) is 4.24. The van der Waals surface area contributed by atoms with Gasteiger partial charge in [-0.15, -0.1) is 11.3 Å². The van der Waals surface area contributed by atoms with Crippen LogP contribution in [0.15, 0.2) is 54.7 Å². The molecule has 0 aliphatic carbocycles. The fourth-order valence-electron chi connectivity index (χ4n) is 3.33. The van der Waals surface area contributed by atoms with Gasteiger partial charge >= 0.3 is 0 Å². The van der Waals surface area contributed by atoms with Crippen LogP contribution in [0.2, 0.25) is 0 Å². The van der Waals surface area contributed by atoms with Crippen molar-refractivity contribution in [1.29, 1.82) is 0 Å². The first-order valence-electron chi connectivity index (χ1n) is 8.79. The second-order valence-corrected chi connectivity index (χ2v) is 7.56. The predicted octanol–water partition coefficient (Wildman–Crippen LogP) is 3.88. The summed E-state index contributed by atoms with van der Waals surface area (Å²) in [6.45, 7) is 1.91. The summed E-state index contributed by atoms with van der Waals surface area (Å²) in [6.07, 6.45) is 3.88. The number of fused-ring (bicyclic) bond motifs is 2. The lowest BCUT2D eigenvalue weighted by atomic mass is 9.93. The third kappa shape index (κ3) is 3.61. The molecule has 2 amide bonds. The molecule has 1 unspecified atom stereocenters. The molecule has 1 aliphatic rings. The molecule has 3 aromatic rings. The first-order chi connectivity index (χ1) is 13.1. The van der Waals surface area contributed by atoms with Crippen LogP contribution < -0.4 is 5.32 Å². The summed E-state index contributed by atoms with van der Waals surface area (Å²) in [6, 6.07) is 15.5. The minimum atomic E-state index is -0.293. The summed E-state index contributed by atoms with van der Waals surface area (Å²) in [4.78, 5) is 30.8. The first kappa shape index (κ1) is 17.4. The van der Waals surface area contributed by atoms with Crippen molar-refractivity contribution in [3.8, 4) is 0 Å². The molecular weight excluding hydrogens is 358 g/mol. The Morgan fingerprint density at radius 3 is 2.74 bits per heavy atom. The van der Waals surface area contributed by atoms with Crippen molar-refractivity contribution in [1.82, 2.24) is 15.2 Å². The normalized spacial score (nSPS) is 15.6. The molecular formula is C21H19N3O2S. The monoisotopic (exact) mass is 377 g/mol. The van der Waals surface area contributed by atoms with Crippen molar-refractivity contribution in [2.75, 3.05) is 0 Å². The Labute approximate surface area is 161 Å². The van der Waals surface area contributed by atoms with Crippen LogP contribution in [0.5, 0.6) is 0 Å². The Hall–Kier alpha value is -2.99. The van der Waals surface area contributed by atoms with E-state index in [2.05, 4.69) is 10.3 Å². The van der Waals surface area contributed by atoms with E-state index in [1.165, 1.54) is 6.92 Å². The van der Waals surface area contributed by atoms with Crippen LogP contribution in [0.4, 0.5) is 0 Å². The van der Waals surface area contributed by atoms with Crippen LogP contribution in [-0.2, 0) is 16.1 Å². The quantitative estimate of drug-likeness (QED) is 0.751. The summed E-state index contributed by atoms with van der Waals surface area (Å²) in [7, 11) is 0. The number of nitrogens with one attached hydrogen (secondary N) is 1. The van der Waals surface area contributed by atoms with Crippen LogP contribution in [0, 0.1) is 0 Å². The SMILES string of the molecule is CC(=O)N1C=Cc2ccccc2C1CC(=O)NCc1nc2ccccc2s1. The molecule has 0 saturated carbocycles. The summed E-state index contributed by atoms with van der Waals surface area (Å²) < 4.78 is 1.11. The number of carbonyl (C=O) groups excluding carboxylic acids is 2. The minimum absolute atomic E-state index is 0.0790. The maximum Gasteiger partial charge on any atom is 0.223 e. The summed E-state index contributed by atoms with van der Waals surface area (Å²) in [5.74, 6) is -0.180. The smallest absolute Gasteiger partial charge is 0.223 e. The lowest BCUT2D eigenvalue weighted by Crippen LogP contribution is -2.35. The highest BCUT2D eigenvalue weighted by atomic mass is 32.1. The molecule has 0 saturated heterocycles. The van der Waals surface area contributed by atoms with Gasteiger partial charge in [0, 0.05) is 13.1 Å². The van der Waals surface area contributed by atoms with E-state index in [4.69, 9.17) is 0 Å². The number of nitrogens with zero attached hydrogens (tertiary/aromatic N) is 2. The molecule has 1 aromatic heterocycles. The number of hydrogen-bond acceptors (Lipinski definition) is 4. The van der Waals surface area contributed by atoms with Gasteiger partial charge in [0.05, 0.1) is 29.2 Å². The Bertz CT molecular complexity index is 1010. The fraction of sp³-hybridized carbons (Fsp3) is 0.190. The van der Waals surface area contributed by atoms with Crippen molar-refractivity contribution in [2.45, 2.75) is 25.9 Å². The van der Waals surface area contributed by atoms with Crippen LogP contribution in [0.25, 0.3) is 16.3 Å². The summed E-state index contributed by atoms with van der Waals surface area (Å²) in [5, 5.41) is 3.82. The molecule has 5 nitrogen and oxygen atoms in total. The van der Waals surface area contributed by atoms with Gasteiger partial charge in [0.25, 0.3) is 0 Å². The van der Waals surface area contributed by atoms with Crippen LogP contribution in [-0.4, -0.2) is 21.7 Å². The summed E-state index contributed by atoms with van der Waals surface area (Å²) >= 11 is 1.58. The summed E-state index contributed by atoms with van der Waals surface area (Å²) in [5.41, 5.74) is 2.98. The van der Waals surface area contributed by atoms with E-state index in [0.717, 1.165) is 26.4 Å². The van der Waals surface area contributed by atoms with E-state index in [9.17, 15) is 9.59 Å². The number of thiazole rings is 1. The third-order valence-electron chi connectivity index (χ3n) is 4.62. The highest BCUT2D eigenvalue weighted by molar-refractivity contribution is 7.18. The van der Waals surface area contributed by atoms with Gasteiger partial charge < -0.3 is 10.2 Å². The Morgan fingerprint density at radius 2 is 1.93 bits per heavy atom. The van der Waals surface area contributed by atoms with Gasteiger partial charge in [-0.05, 0) is 29.3 Å². The topological polar surface area (TPSA) is 62.3 Å². The Morgan fingerprint density at radius 1 is 1.15 bits per heavy atom. The van der Waals surface area contributed by atoms with E-state index in [0.29, 0.717) is 6.54 Å². The van der Waals surface area contributed by atoms with E-state index < -0.39 is 0 Å². The zero-order valence-electron chi connectivity index (χ0n) is 14.9. The van der Waals surface area contributed by atoms with E-state index >= 15 is 0 Å². The zero-order valence-corrected chi connectivity index (χ0v) is 15.7. The van der Waals surface area contributed by atoms with Gasteiger partial charge in [0.1, 0.15) is 5.01 Å². The van der Waals surface area contributed by atoms with E-state index in [-0.39, 0.29) is 24.3 Å². The second-order valence-electron chi connectivity index (χ2n) is 6.44. The average molecular weight is 377 g/mol. The molecule has 1 atom stereocenters. The first-order valence-corrected chi connectivity index (χ1v) is 9.60. The zero-order chi connectivity index (χ0) is 18.8. The van der Waals surface area contributed by atoms with Gasteiger partial charge in [-0.3, -0.25) is 9.59 Å². The molecule has 27 heavy (non-hydrogen) atoms. The largest absolute Gasteiger partial charge is 0.350 e. The minimum Gasteiger partial charge on any atom is -0.350 e. The van der Waals surface area contributed by atoms with E-state index in [1.54, 1.807) is 22.4 Å². The van der Waals surface area contributed by atoms with Crippen LogP contribution in [0.1, 0.15) is 35.5 Å². The van der Waals surface area contributed by atoms with Crippen molar-refractivity contribution in [3.05, 3.63) is 70.9 Å². The Balaban J connectivity index is 1.47. The van der Waals surface area contributed by atoms with Gasteiger partial charge in [-0.1, -0.05) is 36.4 Å². The molecule has 1 aliphatic heterocycles. The van der Waals surface area contributed by atoms with Crippen LogP contribution in [0.3, 0.4) is 0 Å². The number of rotatable bonds is 4. The molecule has 2 heterocycles. The number of para-hydroxylation sites is 1. The van der Waals surface area contributed by atoms with Crippen LogP contribution >= 0.6 is 11.3 Å². The Kier molecular flexibility index (Phi) is 4.73. The number of amides is 2. The van der Waals surface area contributed by atoms with Crippen molar-refractivity contribution in [3.63, 3.8) is 0 Å². The molecule has 1 N–H and O–H groups in total. The number of hydrogen-bond donors (Lipinski definition) is 1. The lowest BCUT2D eigenvalue weighted by Gasteiger charge is -2.32. The molecule has 0 bridgehead atoms. The molecule has 2 aromatic carbocycles. The standard InChI is InChI=1S/C21H19N3O2S/c1-14(25)24-11-10-15-6-2-3-7-16(15)18(24)12-20(26)22-13-21-23-17-8-4-5-9-19(17)27-21/h2-11,18H,12-13H2,1H3,(H,22,26). The maximum atomic E-state index is 12.6. The van der Waals surface area contributed by atoms with Crippen molar-refractivity contribution < 1.29 is 9.59 Å². The number of benzene rings is 2. The molecule has 0 spiro atoms. The highest BCUT2D eigenvalue weighted by Crippen LogP contribution is 2.32. The molecule has 0 fully saturated rings. The second kappa shape index (κ2) is 7.32. The number of aromatic nitrogens is 1. The highest BCUT2D eigenvalue weighted by Gasteiger charge is 2.28. The lowest BCUT2D eigenvalue weighted by molar-refractivity contribution is -0.130. The maximum absolute atomic E-state index is 12.6. The third-order valence-corrected chi connectivity index (χ3v) is 5.66. The van der Waals surface area contributed by atoms with Crippen molar-refractivity contribution >= 4 is 39.4 Å². The average Bonchev–Trinajstić information content (AvgIpc) is 3.09. The molecule has 136 valence electrons. The van der Waals surface area contributed by atoms with Gasteiger partial charge in [-0.25, -0.2) is 4.98 Å². The van der Waals surface area contributed by atoms with E-state index in [1.807, 2.05) is 54.6 Å². The van der Waals surface area contributed by atoms with Crippen molar-refractivity contribution in [2.24, 2.45) is 0 Å². The van der Waals surface area contributed by atoms with Gasteiger partial charge in [0.2, 0.25) is 11.8 Å². The number of carbonyl (C=O) groups is 2. The van der Waals surface area contributed by atoms with Gasteiger partial charge in [-0.2, -0.15) is 0 Å².